The number of anilines is 1. The van der Waals surface area contributed by atoms with Crippen LogP contribution < -0.4 is 21.5 Å². The molecule has 7 N–H and O–H groups in total. The van der Waals surface area contributed by atoms with Crippen LogP contribution in [0.15, 0.2) is 30.3 Å². The number of aromatic carboxylic acids is 1. The molecule has 0 fully saturated rings. The minimum Gasteiger partial charge on any atom is -0.542 e. The Morgan fingerprint density at radius 1 is 1.16 bits per heavy atom. The van der Waals surface area contributed by atoms with Crippen LogP contribution in [0.3, 0.4) is 0 Å². The van der Waals surface area contributed by atoms with E-state index in [9.17, 15) is 37.5 Å². The predicted molar refractivity (Wildman–Crippen MR) is 121 cm³/mol. The number of benzene rings is 1. The Morgan fingerprint density at radius 2 is 1.76 bits per heavy atom. The van der Waals surface area contributed by atoms with E-state index in [1.807, 2.05) is 30.3 Å². The third kappa shape index (κ3) is 8.25. The average molecular weight is 561 g/mol. The zero-order valence-corrected chi connectivity index (χ0v) is 20.2. The summed E-state index contributed by atoms with van der Waals surface area (Å²) in [4.78, 5) is 55.9. The minimum atomic E-state index is -5.19. The lowest BCUT2D eigenvalue weighted by Gasteiger charge is -2.24. The fourth-order valence-corrected chi connectivity index (χ4v) is 4.61. The number of carboxylic acids is 3. The highest BCUT2D eigenvalue weighted by Gasteiger charge is 2.33. The van der Waals surface area contributed by atoms with E-state index in [0.29, 0.717) is 23.3 Å². The van der Waals surface area contributed by atoms with Crippen LogP contribution in [0.25, 0.3) is 0 Å². The van der Waals surface area contributed by atoms with Crippen LogP contribution in [-0.2, 0) is 36.8 Å². The second kappa shape index (κ2) is 13.0. The third-order valence-corrected chi connectivity index (χ3v) is 6.27. The van der Waals surface area contributed by atoms with E-state index in [0.717, 1.165) is 16.9 Å². The number of fused-ring (bicyclic) bond motifs is 1. The fraction of sp³-hybridized carbons (Fsp3) is 0.318. The molecule has 12 nitrogen and oxygen atoms in total. The number of hydrogen-bond donors (Lipinski definition) is 5. The molecule has 0 radical (unpaired) electrons. The standard InChI is InChI=1S/C20H21N3O7S.C2HF3O2/c21-12(8-10-4-2-1-3-5-10)16(24)22-9-13-15-11(6-7-30-13)14(19(26)27)18(31-15)23-17(25)20(28)29;3-2(4,5)1(6)7/h1-5,12-13H,6-9,21H2,(H,22,24)(H,23,25)(H,26,27)(H,28,29);(H,6,7)/t12-,13?;/m1./s1. The molecule has 2 aromatic rings. The first-order valence-electron chi connectivity index (χ1n) is 10.7. The summed E-state index contributed by atoms with van der Waals surface area (Å²) < 4.78 is 37.3. The van der Waals surface area contributed by atoms with Gasteiger partial charge in [-0.1, -0.05) is 30.3 Å². The molecule has 1 unspecified atom stereocenters. The number of carboxylic acid groups (broad SMARTS) is 3. The number of quaternary nitrogens is 1. The van der Waals surface area contributed by atoms with Crippen LogP contribution >= 0.6 is 11.3 Å². The zero-order chi connectivity index (χ0) is 28.6. The third-order valence-electron chi connectivity index (χ3n) is 5.03. The number of carbonyl (C=O) groups is 5. The monoisotopic (exact) mass is 561 g/mol. The van der Waals surface area contributed by atoms with Crippen molar-refractivity contribution in [3.8, 4) is 0 Å². The summed E-state index contributed by atoms with van der Waals surface area (Å²) >= 11 is 0.939. The number of amides is 2. The van der Waals surface area contributed by atoms with Gasteiger partial charge in [-0.2, -0.15) is 13.2 Å². The molecule has 0 aliphatic carbocycles. The maximum absolute atomic E-state index is 12.5. The van der Waals surface area contributed by atoms with Gasteiger partial charge >= 0.3 is 24.0 Å². The van der Waals surface area contributed by atoms with Gasteiger partial charge in [0.1, 0.15) is 17.1 Å². The van der Waals surface area contributed by atoms with Crippen LogP contribution in [-0.4, -0.2) is 65.3 Å². The van der Waals surface area contributed by atoms with Gasteiger partial charge in [0.2, 0.25) is 0 Å². The SMILES string of the molecule is O=C([O-])C(F)(F)F.[NH3+][C@H](Cc1ccccc1)C(=O)NCC1OCCc2c1sc(NC(=O)C(=O)O)c2C(=O)O. The maximum atomic E-state index is 12.5. The molecule has 1 aliphatic rings. The van der Waals surface area contributed by atoms with Crippen molar-refractivity contribution in [3.05, 3.63) is 51.9 Å². The summed E-state index contributed by atoms with van der Waals surface area (Å²) in [7, 11) is 0. The van der Waals surface area contributed by atoms with Crippen molar-refractivity contribution >= 4 is 46.1 Å². The van der Waals surface area contributed by atoms with Gasteiger partial charge in [-0.3, -0.25) is 9.59 Å². The van der Waals surface area contributed by atoms with Crippen LogP contribution in [0.1, 0.15) is 32.5 Å². The number of hydrogen-bond acceptors (Lipinski definition) is 8. The van der Waals surface area contributed by atoms with Crippen LogP contribution in [0.5, 0.6) is 0 Å². The lowest BCUT2D eigenvalue weighted by atomic mass is 10.0. The molecular formula is C22H22F3N3O9S. The number of halogens is 3. The molecule has 2 heterocycles. The molecule has 0 bridgehead atoms. The Bertz CT molecular complexity index is 1200. The van der Waals surface area contributed by atoms with Crippen LogP contribution in [0, 0.1) is 0 Å². The van der Waals surface area contributed by atoms with Gasteiger partial charge in [0.15, 0.2) is 6.04 Å². The summed E-state index contributed by atoms with van der Waals surface area (Å²) in [5.74, 6) is -7.60. The first-order chi connectivity index (χ1) is 17.7. The topological polar surface area (TPSA) is 210 Å². The fourth-order valence-electron chi connectivity index (χ4n) is 3.32. The number of ether oxygens (including phenoxy) is 1. The van der Waals surface area contributed by atoms with E-state index < -0.39 is 42.1 Å². The lowest BCUT2D eigenvalue weighted by Crippen LogP contribution is -2.68. The number of aliphatic carboxylic acids is 2. The summed E-state index contributed by atoms with van der Waals surface area (Å²) in [5, 5.41) is 32.0. The van der Waals surface area contributed by atoms with Gasteiger partial charge in [-0.05, 0) is 17.5 Å². The number of thiophene rings is 1. The van der Waals surface area contributed by atoms with Crippen LogP contribution in [0.2, 0.25) is 0 Å². The Labute approximate surface area is 216 Å². The average Bonchev–Trinajstić information content (AvgIpc) is 3.21. The Hall–Kier alpha value is -4.02. The van der Waals surface area contributed by atoms with Gasteiger partial charge in [0.05, 0.1) is 12.2 Å². The number of carbonyl (C=O) groups excluding carboxylic acids is 3. The second-order valence-corrected chi connectivity index (χ2v) is 8.79. The van der Waals surface area contributed by atoms with Gasteiger partial charge in [0, 0.05) is 17.8 Å². The smallest absolute Gasteiger partial charge is 0.430 e. The minimum absolute atomic E-state index is 0.0640. The molecule has 1 aromatic heterocycles. The first-order valence-corrected chi connectivity index (χ1v) is 11.5. The molecule has 3 rings (SSSR count). The number of nitrogens with one attached hydrogen (secondary N) is 2. The highest BCUT2D eigenvalue weighted by Crippen LogP contribution is 2.41. The molecule has 0 saturated carbocycles. The summed E-state index contributed by atoms with van der Waals surface area (Å²) in [6.45, 7) is 0.327. The van der Waals surface area contributed by atoms with E-state index in [1.54, 1.807) is 0 Å². The Kier molecular flexibility index (Phi) is 10.3. The predicted octanol–water partition coefficient (Wildman–Crippen LogP) is -0.649. The van der Waals surface area contributed by atoms with Crippen molar-refractivity contribution in [1.82, 2.24) is 5.32 Å². The molecular weight excluding hydrogens is 539 g/mol. The molecule has 206 valence electrons. The number of rotatable bonds is 7. The van der Waals surface area contributed by atoms with Crippen molar-refractivity contribution in [2.24, 2.45) is 0 Å². The van der Waals surface area contributed by atoms with Gasteiger partial charge in [-0.25, -0.2) is 9.59 Å². The highest BCUT2D eigenvalue weighted by molar-refractivity contribution is 7.17. The lowest BCUT2D eigenvalue weighted by molar-refractivity contribution is -0.403. The number of alkyl halides is 3. The Morgan fingerprint density at radius 3 is 2.29 bits per heavy atom. The van der Waals surface area contributed by atoms with Crippen molar-refractivity contribution in [2.75, 3.05) is 18.5 Å². The molecule has 2 amide bonds. The molecule has 2 atom stereocenters. The van der Waals surface area contributed by atoms with E-state index >= 15 is 0 Å². The molecule has 1 aliphatic heterocycles. The zero-order valence-electron chi connectivity index (χ0n) is 19.4. The molecule has 38 heavy (non-hydrogen) atoms. The molecule has 0 saturated heterocycles. The van der Waals surface area contributed by atoms with Crippen LogP contribution in [0.4, 0.5) is 18.2 Å². The van der Waals surface area contributed by atoms with Crippen molar-refractivity contribution in [2.45, 2.75) is 31.2 Å². The van der Waals surface area contributed by atoms with Crippen molar-refractivity contribution in [1.29, 1.82) is 0 Å². The molecule has 0 spiro atoms. The van der Waals surface area contributed by atoms with E-state index in [1.165, 1.54) is 0 Å². The molecule has 1 aromatic carbocycles. The van der Waals surface area contributed by atoms with Gasteiger partial charge < -0.3 is 41.2 Å². The second-order valence-electron chi connectivity index (χ2n) is 7.74. The van der Waals surface area contributed by atoms with Gasteiger partial charge in [0.25, 0.3) is 5.91 Å². The normalized spacial score (nSPS) is 15.2. The first kappa shape index (κ1) is 30.2. The van der Waals surface area contributed by atoms with Crippen molar-refractivity contribution < 1.29 is 62.9 Å². The summed E-state index contributed by atoms with van der Waals surface area (Å²) in [6, 6.07) is 8.96. The summed E-state index contributed by atoms with van der Waals surface area (Å²) in [5.41, 5.74) is 5.21. The largest absolute Gasteiger partial charge is 0.542 e. The Balaban J connectivity index is 0.000000638. The molecule has 16 heteroatoms. The highest BCUT2D eigenvalue weighted by atomic mass is 32.1. The maximum Gasteiger partial charge on any atom is 0.430 e. The van der Waals surface area contributed by atoms with E-state index in [4.69, 9.17) is 19.7 Å². The summed E-state index contributed by atoms with van der Waals surface area (Å²) in [6.07, 6.45) is -5.04. The van der Waals surface area contributed by atoms with Crippen molar-refractivity contribution in [3.63, 3.8) is 0 Å². The quantitative estimate of drug-likeness (QED) is 0.272. The van der Waals surface area contributed by atoms with E-state index in [-0.39, 0.29) is 29.6 Å². The van der Waals surface area contributed by atoms with Gasteiger partial charge in [-0.15, -0.1) is 11.3 Å². The van der Waals surface area contributed by atoms with E-state index in [2.05, 4.69) is 16.4 Å².